The third-order valence-electron chi connectivity index (χ3n) is 2.42. The van der Waals surface area contributed by atoms with Gasteiger partial charge in [-0.3, -0.25) is 4.79 Å². The van der Waals surface area contributed by atoms with Crippen molar-refractivity contribution in [1.29, 1.82) is 0 Å². The number of hydrogen-bond donors (Lipinski definition) is 1. The van der Waals surface area contributed by atoms with Crippen molar-refractivity contribution in [3.63, 3.8) is 0 Å². The van der Waals surface area contributed by atoms with E-state index in [0.717, 1.165) is 24.8 Å². The van der Waals surface area contributed by atoms with Gasteiger partial charge >= 0.3 is 5.97 Å². The van der Waals surface area contributed by atoms with Gasteiger partial charge in [-0.2, -0.15) is 0 Å². The Morgan fingerprint density at radius 2 is 2.00 bits per heavy atom. The normalized spacial score (nSPS) is 15.0. The lowest BCUT2D eigenvalue weighted by atomic mass is 9.80. The molecular formula is C11H20O2. The Kier molecular flexibility index (Phi) is 4.74. The molecule has 0 saturated heterocycles. The van der Waals surface area contributed by atoms with E-state index < -0.39 is 11.4 Å². The van der Waals surface area contributed by atoms with Crippen molar-refractivity contribution >= 4 is 5.97 Å². The maximum absolute atomic E-state index is 11.0. The molecule has 0 aliphatic carbocycles. The Hall–Kier alpha value is -0.790. The zero-order valence-electron chi connectivity index (χ0n) is 8.89. The van der Waals surface area contributed by atoms with Crippen molar-refractivity contribution < 1.29 is 9.90 Å². The van der Waals surface area contributed by atoms with Crippen LogP contribution in [-0.2, 0) is 4.79 Å². The third kappa shape index (κ3) is 4.11. The molecule has 0 heterocycles. The number of carboxylic acids is 1. The van der Waals surface area contributed by atoms with Gasteiger partial charge in [0, 0.05) is 0 Å². The van der Waals surface area contributed by atoms with Crippen LogP contribution in [0.15, 0.2) is 12.2 Å². The summed E-state index contributed by atoms with van der Waals surface area (Å²) in [6.07, 6.45) is 3.17. The van der Waals surface area contributed by atoms with Crippen LogP contribution in [0.5, 0.6) is 0 Å². The summed E-state index contributed by atoms with van der Waals surface area (Å²) in [6, 6.07) is 0. The van der Waals surface area contributed by atoms with E-state index in [9.17, 15) is 4.79 Å². The lowest BCUT2D eigenvalue weighted by molar-refractivity contribution is -0.148. The van der Waals surface area contributed by atoms with Crippen molar-refractivity contribution in [1.82, 2.24) is 0 Å². The second-order valence-corrected chi connectivity index (χ2v) is 4.07. The molecule has 1 unspecified atom stereocenters. The molecule has 13 heavy (non-hydrogen) atoms. The molecule has 0 bridgehead atoms. The van der Waals surface area contributed by atoms with E-state index in [1.54, 1.807) is 0 Å². The van der Waals surface area contributed by atoms with Crippen LogP contribution in [0.4, 0.5) is 0 Å². The highest BCUT2D eigenvalue weighted by atomic mass is 16.4. The van der Waals surface area contributed by atoms with Crippen LogP contribution in [0.25, 0.3) is 0 Å². The summed E-state index contributed by atoms with van der Waals surface area (Å²) < 4.78 is 0. The molecule has 2 heteroatoms. The summed E-state index contributed by atoms with van der Waals surface area (Å²) in [6.45, 7) is 9.56. The molecule has 0 spiro atoms. The van der Waals surface area contributed by atoms with Gasteiger partial charge in [-0.25, -0.2) is 0 Å². The monoisotopic (exact) mass is 184 g/mol. The second-order valence-electron chi connectivity index (χ2n) is 4.07. The van der Waals surface area contributed by atoms with E-state index in [2.05, 4.69) is 6.58 Å². The number of rotatable bonds is 6. The van der Waals surface area contributed by atoms with Crippen LogP contribution in [0.3, 0.4) is 0 Å². The van der Waals surface area contributed by atoms with Crippen molar-refractivity contribution in [2.45, 2.75) is 46.5 Å². The van der Waals surface area contributed by atoms with Crippen LogP contribution >= 0.6 is 0 Å². The minimum absolute atomic E-state index is 0.562. The van der Waals surface area contributed by atoms with Crippen LogP contribution in [0.2, 0.25) is 0 Å². The first kappa shape index (κ1) is 12.2. The molecule has 0 aliphatic heterocycles. The first-order valence-corrected chi connectivity index (χ1v) is 4.80. The first-order valence-electron chi connectivity index (χ1n) is 4.80. The van der Waals surface area contributed by atoms with Crippen molar-refractivity contribution in [3.05, 3.63) is 12.2 Å². The molecule has 76 valence electrons. The minimum Gasteiger partial charge on any atom is -0.481 e. The fraction of sp³-hybridized carbons (Fsp3) is 0.727. The molecule has 0 aliphatic rings. The van der Waals surface area contributed by atoms with Gasteiger partial charge in [0.25, 0.3) is 0 Å². The van der Waals surface area contributed by atoms with E-state index in [-0.39, 0.29) is 0 Å². The highest BCUT2D eigenvalue weighted by molar-refractivity contribution is 5.74. The van der Waals surface area contributed by atoms with Gasteiger partial charge in [0.05, 0.1) is 5.41 Å². The molecule has 0 radical (unpaired) electrons. The first-order chi connectivity index (χ1) is 5.92. The minimum atomic E-state index is -0.685. The van der Waals surface area contributed by atoms with Crippen LogP contribution in [0, 0.1) is 5.41 Å². The second kappa shape index (κ2) is 5.05. The number of carboxylic acid groups (broad SMARTS) is 1. The maximum atomic E-state index is 11.0. The molecular weight excluding hydrogens is 164 g/mol. The Morgan fingerprint density at radius 3 is 2.31 bits per heavy atom. The fourth-order valence-electron chi connectivity index (χ4n) is 1.38. The van der Waals surface area contributed by atoms with E-state index in [1.807, 2.05) is 20.8 Å². The zero-order valence-corrected chi connectivity index (χ0v) is 8.89. The predicted octanol–water partition coefficient (Wildman–Crippen LogP) is 3.23. The van der Waals surface area contributed by atoms with E-state index in [1.165, 1.54) is 0 Å². The highest BCUT2D eigenvalue weighted by Gasteiger charge is 2.31. The SMILES string of the molecule is C=C(C)CCC(C)(CCC)C(=O)O. The van der Waals surface area contributed by atoms with Gasteiger partial charge in [0.1, 0.15) is 0 Å². The summed E-state index contributed by atoms with van der Waals surface area (Å²) in [5.74, 6) is -0.685. The third-order valence-corrected chi connectivity index (χ3v) is 2.42. The summed E-state index contributed by atoms with van der Waals surface area (Å²) in [5, 5.41) is 9.05. The van der Waals surface area contributed by atoms with Crippen molar-refractivity contribution in [3.8, 4) is 0 Å². The fourth-order valence-corrected chi connectivity index (χ4v) is 1.38. The van der Waals surface area contributed by atoms with Gasteiger partial charge in [0.2, 0.25) is 0 Å². The Balaban J connectivity index is 4.24. The lowest BCUT2D eigenvalue weighted by Crippen LogP contribution is -2.27. The van der Waals surface area contributed by atoms with Crippen molar-refractivity contribution in [2.75, 3.05) is 0 Å². The Labute approximate surface area is 80.7 Å². The number of allylic oxidation sites excluding steroid dienone is 1. The van der Waals surface area contributed by atoms with E-state index in [0.29, 0.717) is 6.42 Å². The maximum Gasteiger partial charge on any atom is 0.309 e. The highest BCUT2D eigenvalue weighted by Crippen LogP contribution is 2.30. The smallest absolute Gasteiger partial charge is 0.309 e. The van der Waals surface area contributed by atoms with Gasteiger partial charge < -0.3 is 5.11 Å². The van der Waals surface area contributed by atoms with E-state index in [4.69, 9.17) is 5.11 Å². The molecule has 1 N–H and O–H groups in total. The topological polar surface area (TPSA) is 37.3 Å². The molecule has 0 rings (SSSR count). The van der Waals surface area contributed by atoms with Gasteiger partial charge in [-0.15, -0.1) is 6.58 Å². The number of carbonyl (C=O) groups is 1. The van der Waals surface area contributed by atoms with Gasteiger partial charge in [0.15, 0.2) is 0 Å². The average Bonchev–Trinajstić information content (AvgIpc) is 2.01. The largest absolute Gasteiger partial charge is 0.481 e. The molecule has 0 fully saturated rings. The molecule has 0 aromatic rings. The van der Waals surface area contributed by atoms with Crippen LogP contribution in [0.1, 0.15) is 46.5 Å². The quantitative estimate of drug-likeness (QED) is 0.643. The summed E-state index contributed by atoms with van der Waals surface area (Å²) >= 11 is 0. The molecule has 1 atom stereocenters. The molecule has 0 aromatic heterocycles. The summed E-state index contributed by atoms with van der Waals surface area (Å²) in [7, 11) is 0. The molecule has 0 amide bonds. The van der Waals surface area contributed by atoms with Gasteiger partial charge in [-0.1, -0.05) is 18.9 Å². The standard InChI is InChI=1S/C11H20O2/c1-5-7-11(4,10(12)13)8-6-9(2)3/h2,5-8H2,1,3-4H3,(H,12,13). The summed E-state index contributed by atoms with van der Waals surface area (Å²) in [5.41, 5.74) is 0.497. The zero-order chi connectivity index (χ0) is 10.5. The van der Waals surface area contributed by atoms with Crippen LogP contribution in [-0.4, -0.2) is 11.1 Å². The summed E-state index contributed by atoms with van der Waals surface area (Å²) in [4.78, 5) is 11.0. The molecule has 0 saturated carbocycles. The lowest BCUT2D eigenvalue weighted by Gasteiger charge is -2.24. The van der Waals surface area contributed by atoms with Crippen molar-refractivity contribution in [2.24, 2.45) is 5.41 Å². The Morgan fingerprint density at radius 1 is 1.46 bits per heavy atom. The average molecular weight is 184 g/mol. The Bertz CT molecular complexity index is 196. The van der Waals surface area contributed by atoms with Crippen LogP contribution < -0.4 is 0 Å². The molecule has 2 nitrogen and oxygen atoms in total. The van der Waals surface area contributed by atoms with Gasteiger partial charge in [-0.05, 0) is 33.1 Å². The van der Waals surface area contributed by atoms with E-state index >= 15 is 0 Å². The predicted molar refractivity (Wildman–Crippen MR) is 54.7 cm³/mol. The number of hydrogen-bond acceptors (Lipinski definition) is 1. The molecule has 0 aromatic carbocycles. The number of aliphatic carboxylic acids is 1.